The van der Waals surface area contributed by atoms with Crippen LogP contribution in [-0.2, 0) is 4.79 Å². The highest BCUT2D eigenvalue weighted by molar-refractivity contribution is 5.98. The van der Waals surface area contributed by atoms with E-state index in [1.165, 1.54) is 0 Å². The summed E-state index contributed by atoms with van der Waals surface area (Å²) in [6, 6.07) is 15.9. The van der Waals surface area contributed by atoms with Gasteiger partial charge in [0.2, 0.25) is 0 Å². The Bertz CT molecular complexity index is 685. The number of hydrogen-bond acceptors (Lipinski definition) is 3. The maximum atomic E-state index is 12.2. The van der Waals surface area contributed by atoms with Crippen LogP contribution in [0.5, 0.6) is 0 Å². The molecule has 2 N–H and O–H groups in total. The second kappa shape index (κ2) is 5.28. The van der Waals surface area contributed by atoms with E-state index in [2.05, 4.69) is 5.43 Å². The molecule has 2 aromatic rings. The molecule has 0 aromatic heterocycles. The first-order chi connectivity index (χ1) is 10.2. The van der Waals surface area contributed by atoms with Gasteiger partial charge < -0.3 is 5.11 Å². The highest BCUT2D eigenvalue weighted by Crippen LogP contribution is 2.33. The van der Waals surface area contributed by atoms with Crippen molar-refractivity contribution in [3.63, 3.8) is 0 Å². The molecule has 2 aromatic carbocycles. The van der Waals surface area contributed by atoms with Gasteiger partial charge in [0.15, 0.2) is 0 Å². The number of amides is 1. The average Bonchev–Trinajstić information content (AvgIpc) is 2.50. The molecule has 5 heteroatoms. The Hall–Kier alpha value is -2.82. The van der Waals surface area contributed by atoms with Gasteiger partial charge in [0.25, 0.3) is 5.91 Å². The zero-order valence-corrected chi connectivity index (χ0v) is 11.2. The van der Waals surface area contributed by atoms with E-state index in [9.17, 15) is 14.7 Å². The van der Waals surface area contributed by atoms with Gasteiger partial charge >= 0.3 is 5.97 Å². The predicted molar refractivity (Wildman–Crippen MR) is 77.8 cm³/mol. The molecule has 1 amide bonds. The van der Waals surface area contributed by atoms with E-state index in [4.69, 9.17) is 0 Å². The van der Waals surface area contributed by atoms with Crippen LogP contribution in [0.3, 0.4) is 0 Å². The lowest BCUT2D eigenvalue weighted by Crippen LogP contribution is -2.49. The summed E-state index contributed by atoms with van der Waals surface area (Å²) >= 11 is 0. The lowest BCUT2D eigenvalue weighted by molar-refractivity contribution is -0.137. The molecule has 0 spiro atoms. The third-order valence-corrected chi connectivity index (χ3v) is 3.50. The topological polar surface area (TPSA) is 69.6 Å². The highest BCUT2D eigenvalue weighted by Gasteiger charge is 2.33. The fraction of sp³-hybridized carbons (Fsp3) is 0.125. The number of para-hydroxylation sites is 1. The molecule has 106 valence electrons. The van der Waals surface area contributed by atoms with Crippen LogP contribution in [0.4, 0.5) is 5.69 Å². The maximum Gasteiger partial charge on any atom is 0.305 e. The fourth-order valence-corrected chi connectivity index (χ4v) is 2.58. The molecule has 0 fully saturated rings. The van der Waals surface area contributed by atoms with Crippen molar-refractivity contribution in [2.24, 2.45) is 0 Å². The van der Waals surface area contributed by atoms with E-state index in [0.29, 0.717) is 5.56 Å². The summed E-state index contributed by atoms with van der Waals surface area (Å²) in [6.45, 7) is 0. The minimum Gasteiger partial charge on any atom is -0.481 e. The van der Waals surface area contributed by atoms with Crippen LogP contribution in [0.1, 0.15) is 28.4 Å². The molecule has 0 saturated heterocycles. The molecule has 1 aliphatic rings. The molecular weight excluding hydrogens is 268 g/mol. The lowest BCUT2D eigenvalue weighted by Gasteiger charge is -2.37. The van der Waals surface area contributed by atoms with E-state index < -0.39 is 12.0 Å². The molecule has 0 radical (unpaired) electrons. The second-order valence-corrected chi connectivity index (χ2v) is 4.85. The Morgan fingerprint density at radius 2 is 1.76 bits per heavy atom. The SMILES string of the molecule is O=C(O)CC1c2ccccc2C(=O)NN1c1ccccc1. The van der Waals surface area contributed by atoms with E-state index in [-0.39, 0.29) is 12.3 Å². The molecule has 0 aliphatic carbocycles. The molecule has 5 nitrogen and oxygen atoms in total. The van der Waals surface area contributed by atoms with Gasteiger partial charge in [-0.1, -0.05) is 36.4 Å². The van der Waals surface area contributed by atoms with Crippen LogP contribution in [0.25, 0.3) is 0 Å². The molecule has 1 unspecified atom stereocenters. The van der Waals surface area contributed by atoms with Crippen molar-refractivity contribution in [3.8, 4) is 0 Å². The summed E-state index contributed by atoms with van der Waals surface area (Å²) in [7, 11) is 0. The van der Waals surface area contributed by atoms with Crippen molar-refractivity contribution in [1.29, 1.82) is 0 Å². The molecule has 3 rings (SSSR count). The number of hydrazine groups is 1. The van der Waals surface area contributed by atoms with Crippen LogP contribution in [0, 0.1) is 0 Å². The van der Waals surface area contributed by atoms with Crippen molar-refractivity contribution in [2.45, 2.75) is 12.5 Å². The molecule has 1 aliphatic heterocycles. The van der Waals surface area contributed by atoms with Crippen molar-refractivity contribution in [3.05, 3.63) is 65.7 Å². The van der Waals surface area contributed by atoms with Crippen LogP contribution in [0.2, 0.25) is 0 Å². The van der Waals surface area contributed by atoms with E-state index in [0.717, 1.165) is 11.3 Å². The maximum absolute atomic E-state index is 12.2. The summed E-state index contributed by atoms with van der Waals surface area (Å²) in [5.41, 5.74) is 4.78. The summed E-state index contributed by atoms with van der Waals surface area (Å²) < 4.78 is 0. The fourth-order valence-electron chi connectivity index (χ4n) is 2.58. The summed E-state index contributed by atoms with van der Waals surface area (Å²) in [5, 5.41) is 10.8. The van der Waals surface area contributed by atoms with Gasteiger partial charge in [-0.3, -0.25) is 20.0 Å². The molecule has 1 heterocycles. The van der Waals surface area contributed by atoms with Crippen molar-refractivity contribution < 1.29 is 14.7 Å². The molecule has 0 bridgehead atoms. The number of nitrogens with one attached hydrogen (secondary N) is 1. The van der Waals surface area contributed by atoms with Gasteiger partial charge in [0.1, 0.15) is 0 Å². The number of carbonyl (C=O) groups excluding carboxylic acids is 1. The Labute approximate surface area is 121 Å². The van der Waals surface area contributed by atoms with Crippen LogP contribution in [0.15, 0.2) is 54.6 Å². The van der Waals surface area contributed by atoms with Gasteiger partial charge in [-0.15, -0.1) is 0 Å². The first kappa shape index (κ1) is 13.2. The highest BCUT2D eigenvalue weighted by atomic mass is 16.4. The Morgan fingerprint density at radius 3 is 2.48 bits per heavy atom. The van der Waals surface area contributed by atoms with Crippen LogP contribution >= 0.6 is 0 Å². The Kier molecular flexibility index (Phi) is 3.31. The first-order valence-corrected chi connectivity index (χ1v) is 6.63. The monoisotopic (exact) mass is 282 g/mol. The second-order valence-electron chi connectivity index (χ2n) is 4.85. The number of rotatable bonds is 3. The number of aliphatic carboxylic acids is 1. The van der Waals surface area contributed by atoms with E-state index in [1.54, 1.807) is 23.2 Å². The number of fused-ring (bicyclic) bond motifs is 1. The summed E-state index contributed by atoms with van der Waals surface area (Å²) in [6.07, 6.45) is -0.0911. The van der Waals surface area contributed by atoms with E-state index in [1.807, 2.05) is 36.4 Å². The van der Waals surface area contributed by atoms with Crippen LogP contribution in [-0.4, -0.2) is 17.0 Å². The summed E-state index contributed by atoms with van der Waals surface area (Å²) in [4.78, 5) is 23.4. The van der Waals surface area contributed by atoms with Crippen LogP contribution < -0.4 is 10.4 Å². The zero-order chi connectivity index (χ0) is 14.8. The van der Waals surface area contributed by atoms with Gasteiger partial charge in [-0.05, 0) is 23.8 Å². The third kappa shape index (κ3) is 2.45. The zero-order valence-electron chi connectivity index (χ0n) is 11.2. The number of carboxylic acid groups (broad SMARTS) is 1. The largest absolute Gasteiger partial charge is 0.481 e. The normalized spacial score (nSPS) is 17.0. The number of anilines is 1. The number of carboxylic acids is 1. The average molecular weight is 282 g/mol. The van der Waals surface area contributed by atoms with E-state index >= 15 is 0 Å². The predicted octanol–water partition coefficient (Wildman–Crippen LogP) is 2.37. The van der Waals surface area contributed by atoms with Gasteiger partial charge in [-0.2, -0.15) is 0 Å². The number of hydrogen-bond donors (Lipinski definition) is 2. The quantitative estimate of drug-likeness (QED) is 0.906. The number of benzene rings is 2. The summed E-state index contributed by atoms with van der Waals surface area (Å²) in [5.74, 6) is -1.14. The number of nitrogens with zero attached hydrogens (tertiary/aromatic N) is 1. The standard InChI is InChI=1S/C16H14N2O3/c19-15(20)10-14-12-8-4-5-9-13(12)16(21)17-18(14)11-6-2-1-3-7-11/h1-9,14H,10H2,(H,17,21)(H,19,20). The van der Waals surface area contributed by atoms with Crippen molar-refractivity contribution >= 4 is 17.6 Å². The molecule has 1 atom stereocenters. The minimum atomic E-state index is -0.910. The van der Waals surface area contributed by atoms with Gasteiger partial charge in [0.05, 0.1) is 18.2 Å². The minimum absolute atomic E-state index is 0.0911. The smallest absolute Gasteiger partial charge is 0.305 e. The molecular formula is C16H14N2O3. The van der Waals surface area contributed by atoms with Crippen molar-refractivity contribution in [1.82, 2.24) is 5.43 Å². The Balaban J connectivity index is 2.08. The lowest BCUT2D eigenvalue weighted by atomic mass is 9.94. The third-order valence-electron chi connectivity index (χ3n) is 3.50. The number of carbonyl (C=O) groups is 2. The van der Waals surface area contributed by atoms with Gasteiger partial charge in [0, 0.05) is 5.56 Å². The Morgan fingerprint density at radius 1 is 1.10 bits per heavy atom. The van der Waals surface area contributed by atoms with Gasteiger partial charge in [-0.25, -0.2) is 0 Å². The van der Waals surface area contributed by atoms with Crippen molar-refractivity contribution in [2.75, 3.05) is 5.01 Å². The molecule has 21 heavy (non-hydrogen) atoms. The molecule has 0 saturated carbocycles. The first-order valence-electron chi connectivity index (χ1n) is 6.63.